The fourth-order valence-corrected chi connectivity index (χ4v) is 2.85. The number of rotatable bonds is 6. The van der Waals surface area contributed by atoms with E-state index in [0.29, 0.717) is 29.4 Å². The van der Waals surface area contributed by atoms with Crippen LogP contribution in [0.4, 0.5) is 5.69 Å². The molecule has 0 aliphatic heterocycles. The highest BCUT2D eigenvalue weighted by Crippen LogP contribution is 2.32. The van der Waals surface area contributed by atoms with Crippen molar-refractivity contribution in [3.05, 3.63) is 47.4 Å². The summed E-state index contributed by atoms with van der Waals surface area (Å²) in [6.07, 6.45) is 3.83. The molecule has 7 nitrogen and oxygen atoms in total. The summed E-state index contributed by atoms with van der Waals surface area (Å²) in [6, 6.07) is 5.39. The van der Waals surface area contributed by atoms with Crippen LogP contribution in [0.25, 0.3) is 10.8 Å². The van der Waals surface area contributed by atoms with Crippen LogP contribution in [0.5, 0.6) is 0 Å². The van der Waals surface area contributed by atoms with Crippen molar-refractivity contribution in [1.29, 1.82) is 0 Å². The fraction of sp³-hybridized carbons (Fsp3) is 0.250. The molecule has 0 aliphatic rings. The fourth-order valence-electron chi connectivity index (χ4n) is 2.08. The highest BCUT2D eigenvalue weighted by Gasteiger charge is 2.17. The summed E-state index contributed by atoms with van der Waals surface area (Å²) in [7, 11) is 1.89. The molecule has 0 saturated carbocycles. The van der Waals surface area contributed by atoms with Gasteiger partial charge in [0.15, 0.2) is 5.82 Å². The number of nitrogens with one attached hydrogen (secondary N) is 2. The Morgan fingerprint density at radius 2 is 2.08 bits per heavy atom. The predicted molar refractivity (Wildman–Crippen MR) is 99.3 cm³/mol. The molecular formula is C16H18ClN5O2S. The molecule has 0 aromatic carbocycles. The largest absolute Gasteiger partial charge is 0.333 e. The molecule has 132 valence electrons. The second kappa shape index (κ2) is 8.70. The minimum absolute atomic E-state index is 0. The first-order valence-corrected chi connectivity index (χ1v) is 8.34. The summed E-state index contributed by atoms with van der Waals surface area (Å²) in [5.74, 6) is 0.834. The van der Waals surface area contributed by atoms with Gasteiger partial charge in [-0.15, -0.1) is 23.7 Å². The maximum Gasteiger partial charge on any atom is 0.270 e. The average Bonchev–Trinajstić information content (AvgIpc) is 3.24. The van der Waals surface area contributed by atoms with Crippen molar-refractivity contribution in [3.8, 4) is 10.8 Å². The topological polar surface area (TPSA) is 92.9 Å². The summed E-state index contributed by atoms with van der Waals surface area (Å²) in [6.45, 7) is 2.04. The van der Waals surface area contributed by atoms with Crippen molar-refractivity contribution in [2.45, 2.75) is 19.4 Å². The van der Waals surface area contributed by atoms with Crippen LogP contribution < -0.4 is 10.6 Å². The van der Waals surface area contributed by atoms with E-state index in [2.05, 4.69) is 25.8 Å². The minimum atomic E-state index is -0.208. The van der Waals surface area contributed by atoms with Gasteiger partial charge >= 0.3 is 0 Å². The maximum absolute atomic E-state index is 12.3. The third-order valence-electron chi connectivity index (χ3n) is 3.50. The summed E-state index contributed by atoms with van der Waals surface area (Å²) < 4.78 is 5.34. The van der Waals surface area contributed by atoms with Gasteiger partial charge in [-0.05, 0) is 37.6 Å². The number of thiophene rings is 1. The van der Waals surface area contributed by atoms with Crippen molar-refractivity contribution in [1.82, 2.24) is 20.4 Å². The molecule has 3 rings (SSSR count). The molecule has 0 radical (unpaired) electrons. The molecule has 0 aliphatic carbocycles. The normalized spacial score (nSPS) is 11.6. The SMILES string of the molecule is CNC(C)Cc1noc(-c2sccc2NC(=O)c2ccncc2)n1.Cl. The molecule has 0 fully saturated rings. The van der Waals surface area contributed by atoms with Gasteiger partial charge in [-0.3, -0.25) is 9.78 Å². The van der Waals surface area contributed by atoms with Crippen LogP contribution in [0.15, 0.2) is 40.5 Å². The van der Waals surface area contributed by atoms with Gasteiger partial charge in [-0.1, -0.05) is 5.16 Å². The van der Waals surface area contributed by atoms with Crippen LogP contribution in [-0.4, -0.2) is 34.1 Å². The van der Waals surface area contributed by atoms with E-state index >= 15 is 0 Å². The highest BCUT2D eigenvalue weighted by molar-refractivity contribution is 7.14. The molecule has 0 bridgehead atoms. The first-order chi connectivity index (χ1) is 11.7. The van der Waals surface area contributed by atoms with Crippen molar-refractivity contribution in [2.75, 3.05) is 12.4 Å². The number of nitrogens with zero attached hydrogens (tertiary/aromatic N) is 3. The third kappa shape index (κ3) is 4.62. The molecule has 1 unspecified atom stereocenters. The van der Waals surface area contributed by atoms with E-state index in [-0.39, 0.29) is 24.4 Å². The first-order valence-electron chi connectivity index (χ1n) is 7.46. The number of carbonyl (C=O) groups excluding carboxylic acids is 1. The van der Waals surface area contributed by atoms with Gasteiger partial charge in [0.05, 0.1) is 5.69 Å². The van der Waals surface area contributed by atoms with E-state index in [0.717, 1.165) is 4.88 Å². The van der Waals surface area contributed by atoms with Gasteiger partial charge in [0, 0.05) is 30.4 Å². The number of halogens is 1. The van der Waals surface area contributed by atoms with E-state index in [1.54, 1.807) is 24.5 Å². The summed E-state index contributed by atoms with van der Waals surface area (Å²) in [4.78, 5) is 21.3. The standard InChI is InChI=1S/C16H17N5O2S.ClH/c1-10(17-2)9-13-20-16(23-21-13)14-12(5-8-24-14)19-15(22)11-3-6-18-7-4-11;/h3-8,10,17H,9H2,1-2H3,(H,19,22);1H. The Kier molecular flexibility index (Phi) is 6.63. The van der Waals surface area contributed by atoms with E-state index < -0.39 is 0 Å². The Balaban J connectivity index is 0.00000225. The lowest BCUT2D eigenvalue weighted by Crippen LogP contribution is -2.24. The molecule has 3 heterocycles. The lowest BCUT2D eigenvalue weighted by Gasteiger charge is -2.05. The van der Waals surface area contributed by atoms with Crippen molar-refractivity contribution in [2.24, 2.45) is 0 Å². The summed E-state index contributed by atoms with van der Waals surface area (Å²) in [5, 5.41) is 11.9. The quantitative estimate of drug-likeness (QED) is 0.683. The lowest BCUT2D eigenvalue weighted by atomic mass is 10.2. The zero-order chi connectivity index (χ0) is 16.9. The average molecular weight is 380 g/mol. The highest BCUT2D eigenvalue weighted by atomic mass is 35.5. The number of anilines is 1. The van der Waals surface area contributed by atoms with Gasteiger partial charge in [0.2, 0.25) is 0 Å². The number of hydrogen-bond donors (Lipinski definition) is 2. The summed E-state index contributed by atoms with van der Waals surface area (Å²) in [5.41, 5.74) is 1.19. The zero-order valence-electron chi connectivity index (χ0n) is 13.7. The smallest absolute Gasteiger partial charge is 0.270 e. The van der Waals surface area contributed by atoms with Crippen molar-refractivity contribution < 1.29 is 9.32 Å². The molecule has 3 aromatic rings. The summed E-state index contributed by atoms with van der Waals surface area (Å²) >= 11 is 1.44. The van der Waals surface area contributed by atoms with Gasteiger partial charge in [-0.2, -0.15) is 4.98 Å². The Hall–Kier alpha value is -2.29. The third-order valence-corrected chi connectivity index (χ3v) is 4.40. The van der Waals surface area contributed by atoms with E-state index in [4.69, 9.17) is 4.52 Å². The van der Waals surface area contributed by atoms with Crippen molar-refractivity contribution >= 4 is 35.3 Å². The molecule has 9 heteroatoms. The van der Waals surface area contributed by atoms with E-state index in [1.165, 1.54) is 11.3 Å². The number of pyridine rings is 1. The first kappa shape index (κ1) is 19.0. The van der Waals surface area contributed by atoms with Gasteiger partial charge in [0.1, 0.15) is 4.88 Å². The number of amides is 1. The lowest BCUT2D eigenvalue weighted by molar-refractivity contribution is 0.102. The zero-order valence-corrected chi connectivity index (χ0v) is 15.4. The Morgan fingerprint density at radius 1 is 1.32 bits per heavy atom. The molecule has 0 spiro atoms. The Bertz CT molecular complexity index is 821. The van der Waals surface area contributed by atoms with Crippen LogP contribution in [0.1, 0.15) is 23.1 Å². The van der Waals surface area contributed by atoms with E-state index in [1.807, 2.05) is 25.4 Å². The van der Waals surface area contributed by atoms with Crippen LogP contribution in [0.3, 0.4) is 0 Å². The monoisotopic (exact) mass is 379 g/mol. The molecular weight excluding hydrogens is 362 g/mol. The van der Waals surface area contributed by atoms with E-state index in [9.17, 15) is 4.79 Å². The number of aromatic nitrogens is 3. The van der Waals surface area contributed by atoms with Gasteiger partial charge in [0.25, 0.3) is 11.8 Å². The molecule has 1 atom stereocenters. The van der Waals surface area contributed by atoms with Crippen LogP contribution in [-0.2, 0) is 6.42 Å². The van der Waals surface area contributed by atoms with Crippen LogP contribution in [0, 0.1) is 0 Å². The van der Waals surface area contributed by atoms with Crippen LogP contribution >= 0.6 is 23.7 Å². The molecule has 3 aromatic heterocycles. The Morgan fingerprint density at radius 3 is 2.80 bits per heavy atom. The van der Waals surface area contributed by atoms with Gasteiger partial charge < -0.3 is 15.2 Å². The molecule has 25 heavy (non-hydrogen) atoms. The van der Waals surface area contributed by atoms with Gasteiger partial charge in [-0.25, -0.2) is 0 Å². The Labute approximate surface area is 155 Å². The second-order valence-corrected chi connectivity index (χ2v) is 6.18. The number of hydrogen-bond acceptors (Lipinski definition) is 7. The molecule has 1 amide bonds. The minimum Gasteiger partial charge on any atom is -0.333 e. The molecule has 2 N–H and O–H groups in total. The molecule has 0 saturated heterocycles. The number of carbonyl (C=O) groups is 1. The maximum atomic E-state index is 12.3. The van der Waals surface area contributed by atoms with Crippen molar-refractivity contribution in [3.63, 3.8) is 0 Å². The van der Waals surface area contributed by atoms with Crippen LogP contribution in [0.2, 0.25) is 0 Å². The second-order valence-electron chi connectivity index (χ2n) is 5.26. The number of likely N-dealkylation sites (N-methyl/N-ethyl adjacent to an activating group) is 1. The predicted octanol–water partition coefficient (Wildman–Crippen LogP) is 3.02.